The van der Waals surface area contributed by atoms with Crippen LogP contribution in [0.25, 0.3) is 0 Å². The van der Waals surface area contributed by atoms with Gasteiger partial charge in [0.15, 0.2) is 5.75 Å². The van der Waals surface area contributed by atoms with Crippen LogP contribution in [0.15, 0.2) is 12.1 Å². The van der Waals surface area contributed by atoms with Crippen LogP contribution < -0.4 is 5.73 Å². The molecule has 0 fully saturated rings. The van der Waals surface area contributed by atoms with E-state index < -0.39 is 65.5 Å². The molecule has 11 nitrogen and oxygen atoms in total. The summed E-state index contributed by atoms with van der Waals surface area (Å²) < 4.78 is 0. The SMILES string of the molecule is N[C@@H](CC[P+](O)(O)C(=O)c1cc(O)c(O)c([N+](=O)[O-])c1)C(=O)O. The van der Waals surface area contributed by atoms with E-state index in [0.717, 1.165) is 0 Å². The number of aliphatic carboxylic acids is 1. The smallest absolute Gasteiger partial charge is 0.357 e. The Balaban J connectivity index is 3.08. The molecule has 0 amide bonds. The van der Waals surface area contributed by atoms with Crippen molar-refractivity contribution in [3.05, 3.63) is 27.8 Å². The van der Waals surface area contributed by atoms with Gasteiger partial charge in [-0.05, 0) is 6.07 Å². The Morgan fingerprint density at radius 2 is 1.87 bits per heavy atom. The van der Waals surface area contributed by atoms with Crippen molar-refractivity contribution in [1.82, 2.24) is 0 Å². The first-order valence-corrected chi connectivity index (χ1v) is 7.92. The maximum atomic E-state index is 12.0. The number of rotatable bonds is 7. The van der Waals surface area contributed by atoms with Crippen molar-refractivity contribution >= 4 is 24.9 Å². The Hall–Kier alpha value is -2.33. The molecule has 1 aromatic carbocycles. The molecule has 0 radical (unpaired) electrons. The van der Waals surface area contributed by atoms with E-state index in [-0.39, 0.29) is 0 Å². The molecule has 0 aliphatic rings. The van der Waals surface area contributed by atoms with Gasteiger partial charge in [0.25, 0.3) is 0 Å². The fraction of sp³-hybridized carbons (Fsp3) is 0.273. The molecule has 0 unspecified atom stereocenters. The topological polar surface area (TPSA) is 204 Å². The third-order valence-corrected chi connectivity index (χ3v) is 4.70. The molecule has 23 heavy (non-hydrogen) atoms. The van der Waals surface area contributed by atoms with Crippen molar-refractivity contribution in [2.75, 3.05) is 6.16 Å². The van der Waals surface area contributed by atoms with Gasteiger partial charge in [-0.25, -0.2) is 14.6 Å². The average molecular weight is 349 g/mol. The number of nitrogens with two attached hydrogens (primary N) is 1. The largest absolute Gasteiger partial charge is 0.504 e. The molecule has 7 N–H and O–H groups in total. The van der Waals surface area contributed by atoms with Crippen molar-refractivity contribution in [2.45, 2.75) is 12.5 Å². The van der Waals surface area contributed by atoms with E-state index in [4.69, 9.17) is 10.8 Å². The van der Waals surface area contributed by atoms with Crippen LogP contribution in [0.1, 0.15) is 16.8 Å². The lowest BCUT2D eigenvalue weighted by molar-refractivity contribution is -0.386. The van der Waals surface area contributed by atoms with Crippen LogP contribution in [-0.2, 0) is 4.79 Å². The molecule has 0 aromatic heterocycles. The van der Waals surface area contributed by atoms with Gasteiger partial charge in [0, 0.05) is 12.5 Å². The van der Waals surface area contributed by atoms with E-state index >= 15 is 0 Å². The molecule has 1 atom stereocenters. The van der Waals surface area contributed by atoms with Crippen LogP contribution in [-0.4, -0.2) is 53.7 Å². The van der Waals surface area contributed by atoms with Gasteiger partial charge >= 0.3 is 24.9 Å². The fourth-order valence-corrected chi connectivity index (χ4v) is 3.00. The first-order chi connectivity index (χ1) is 10.5. The lowest BCUT2D eigenvalue weighted by Crippen LogP contribution is -2.31. The zero-order valence-electron chi connectivity index (χ0n) is 11.5. The normalized spacial score (nSPS) is 12.7. The van der Waals surface area contributed by atoms with Gasteiger partial charge in [0.05, 0.1) is 10.5 Å². The van der Waals surface area contributed by atoms with Gasteiger partial charge < -0.3 is 21.1 Å². The molecule has 0 spiro atoms. The zero-order valence-corrected chi connectivity index (χ0v) is 12.4. The first-order valence-electron chi connectivity index (χ1n) is 6.04. The Kier molecular flexibility index (Phi) is 5.56. The monoisotopic (exact) mass is 349 g/mol. The number of hydrogen-bond donors (Lipinski definition) is 6. The van der Waals surface area contributed by atoms with Crippen molar-refractivity contribution in [2.24, 2.45) is 5.73 Å². The second-order valence-electron chi connectivity index (χ2n) is 4.61. The first kappa shape index (κ1) is 18.7. The molecule has 126 valence electrons. The summed E-state index contributed by atoms with van der Waals surface area (Å²) >= 11 is 0. The number of phenolic OH excluding ortho intramolecular Hbond substituents is 2. The Bertz CT molecular complexity index is 661. The fourth-order valence-electron chi connectivity index (χ4n) is 1.62. The number of nitrogens with zero attached hydrogens (tertiary/aromatic N) is 1. The summed E-state index contributed by atoms with van der Waals surface area (Å²) in [7, 11) is -4.33. The summed E-state index contributed by atoms with van der Waals surface area (Å²) in [6.07, 6.45) is -1.05. The molecule has 0 saturated carbocycles. The highest BCUT2D eigenvalue weighted by Crippen LogP contribution is 2.54. The molecule has 1 aromatic rings. The Morgan fingerprint density at radius 1 is 1.30 bits per heavy atom. The summed E-state index contributed by atoms with van der Waals surface area (Å²) in [6.45, 7) is 0. The molecular weight excluding hydrogens is 335 g/mol. The highest BCUT2D eigenvalue weighted by molar-refractivity contribution is 7.81. The molecule has 12 heteroatoms. The van der Waals surface area contributed by atoms with Crippen LogP contribution in [0, 0.1) is 10.1 Å². The summed E-state index contributed by atoms with van der Waals surface area (Å²) in [4.78, 5) is 51.9. The molecule has 1 rings (SSSR count). The number of nitro benzene ring substituents is 1. The molecule has 0 aliphatic carbocycles. The summed E-state index contributed by atoms with van der Waals surface area (Å²) in [6, 6.07) is -0.192. The van der Waals surface area contributed by atoms with Crippen LogP contribution >= 0.6 is 7.72 Å². The van der Waals surface area contributed by atoms with Crippen LogP contribution in [0.5, 0.6) is 11.5 Å². The van der Waals surface area contributed by atoms with E-state index in [1.54, 1.807) is 0 Å². The van der Waals surface area contributed by atoms with Crippen molar-refractivity contribution in [3.8, 4) is 11.5 Å². The minimum Gasteiger partial charge on any atom is -0.504 e. The number of carbonyl (C=O) groups excluding carboxylic acids is 1. The number of carbonyl (C=O) groups is 2. The predicted octanol–water partition coefficient (Wildman–Crippen LogP) is -0.220. The van der Waals surface area contributed by atoms with Gasteiger partial charge in [0.1, 0.15) is 12.2 Å². The summed E-state index contributed by atoms with van der Waals surface area (Å²) in [5.41, 5.74) is 2.29. The van der Waals surface area contributed by atoms with Gasteiger partial charge in [0.2, 0.25) is 5.75 Å². The Morgan fingerprint density at radius 3 is 2.35 bits per heavy atom. The average Bonchev–Trinajstić information content (AvgIpc) is 2.46. The van der Waals surface area contributed by atoms with Crippen molar-refractivity contribution in [1.29, 1.82) is 0 Å². The number of phenols is 2. The number of carboxylic acids is 1. The maximum absolute atomic E-state index is 12.0. The second-order valence-corrected chi connectivity index (χ2v) is 6.93. The lowest BCUT2D eigenvalue weighted by Gasteiger charge is -2.12. The number of benzene rings is 1. The minimum atomic E-state index is -4.33. The van der Waals surface area contributed by atoms with E-state index in [1.165, 1.54) is 0 Å². The van der Waals surface area contributed by atoms with E-state index in [2.05, 4.69) is 0 Å². The van der Waals surface area contributed by atoms with Gasteiger partial charge in [-0.1, -0.05) is 0 Å². The highest BCUT2D eigenvalue weighted by atomic mass is 31.2. The molecular formula is C11H14N2O9P+. The van der Waals surface area contributed by atoms with Crippen LogP contribution in [0.4, 0.5) is 5.69 Å². The van der Waals surface area contributed by atoms with Gasteiger partial charge in [-0.3, -0.25) is 14.9 Å². The second kappa shape index (κ2) is 6.84. The van der Waals surface area contributed by atoms with Gasteiger partial charge in [-0.2, -0.15) is 0 Å². The third-order valence-electron chi connectivity index (χ3n) is 2.91. The summed E-state index contributed by atoms with van der Waals surface area (Å²) in [5, 5.41) is 38.0. The van der Waals surface area contributed by atoms with Crippen LogP contribution in [0.2, 0.25) is 0 Å². The zero-order chi connectivity index (χ0) is 17.9. The quantitative estimate of drug-likeness (QED) is 0.165. The van der Waals surface area contributed by atoms with Crippen molar-refractivity contribution in [3.63, 3.8) is 0 Å². The summed E-state index contributed by atoms with van der Waals surface area (Å²) in [5.74, 6) is -3.44. The number of hydrogen-bond acceptors (Lipinski definition) is 9. The van der Waals surface area contributed by atoms with Crippen LogP contribution in [0.3, 0.4) is 0 Å². The molecule has 0 aliphatic heterocycles. The standard InChI is InChI=1S/C11H13N2O9P/c12-6(10(16)17)1-2-23(21,22)11(18)5-3-7(13(19)20)9(15)8(14)4-5/h3-4,6,21-22H,1-2,12H2,(H2-,14,15,16,17,18)/p+1/t6-/m0/s1. The lowest BCUT2D eigenvalue weighted by atomic mass is 10.2. The van der Waals surface area contributed by atoms with E-state index in [9.17, 15) is 39.7 Å². The maximum Gasteiger partial charge on any atom is 0.357 e. The Labute approximate surface area is 129 Å². The number of nitro groups is 1. The molecule has 0 saturated heterocycles. The number of aromatic hydroxyl groups is 2. The third kappa shape index (κ3) is 4.33. The van der Waals surface area contributed by atoms with E-state index in [0.29, 0.717) is 12.1 Å². The highest BCUT2D eigenvalue weighted by Gasteiger charge is 2.46. The number of carboxylic acid groups (broad SMARTS) is 1. The molecule has 0 heterocycles. The van der Waals surface area contributed by atoms with E-state index in [1.807, 2.05) is 0 Å². The molecule has 0 bridgehead atoms. The van der Waals surface area contributed by atoms with Gasteiger partial charge in [-0.15, -0.1) is 0 Å². The predicted molar refractivity (Wildman–Crippen MR) is 77.2 cm³/mol. The van der Waals surface area contributed by atoms with Crippen molar-refractivity contribution < 1.29 is 39.6 Å². The minimum absolute atomic E-state index is 0.409.